The summed E-state index contributed by atoms with van der Waals surface area (Å²) in [5, 5.41) is 0. The first-order chi connectivity index (χ1) is 11.5. The molecule has 0 atom stereocenters. The van der Waals surface area contributed by atoms with Crippen LogP contribution in [0.15, 0.2) is 53.8 Å². The molecule has 0 bridgehead atoms. The number of rotatable bonds is 1. The molecule has 0 spiro atoms. The number of urea groups is 1. The lowest BCUT2D eigenvalue weighted by Crippen LogP contribution is -2.53. The molecule has 0 radical (unpaired) electrons. The minimum Gasteiger partial charge on any atom is -0.457 e. The number of barbiturate groups is 1. The molecule has 0 N–H and O–H groups in total. The van der Waals surface area contributed by atoms with Gasteiger partial charge in [-0.3, -0.25) is 19.4 Å². The fourth-order valence-corrected chi connectivity index (χ4v) is 2.66. The van der Waals surface area contributed by atoms with Crippen LogP contribution < -0.4 is 4.74 Å². The molecule has 24 heavy (non-hydrogen) atoms. The molecule has 0 aliphatic carbocycles. The van der Waals surface area contributed by atoms with Crippen molar-refractivity contribution in [1.82, 2.24) is 9.80 Å². The van der Waals surface area contributed by atoms with E-state index in [4.69, 9.17) is 4.74 Å². The topological polar surface area (TPSA) is 66.9 Å². The summed E-state index contributed by atoms with van der Waals surface area (Å²) in [4.78, 5) is 38.9. The highest BCUT2D eigenvalue weighted by Crippen LogP contribution is 2.37. The van der Waals surface area contributed by atoms with Gasteiger partial charge in [-0.15, -0.1) is 0 Å². The summed E-state index contributed by atoms with van der Waals surface area (Å²) in [6, 6.07) is 6.51. The van der Waals surface area contributed by atoms with E-state index in [-0.39, 0.29) is 5.57 Å². The molecular formula is C18H16N2O4. The van der Waals surface area contributed by atoms with Crippen molar-refractivity contribution in [3.05, 3.63) is 59.4 Å². The number of allylic oxidation sites excluding steroid dienone is 4. The number of ether oxygens (including phenoxy) is 1. The Kier molecular flexibility index (Phi) is 3.81. The van der Waals surface area contributed by atoms with Crippen molar-refractivity contribution in [1.29, 1.82) is 0 Å². The summed E-state index contributed by atoms with van der Waals surface area (Å²) >= 11 is 0. The van der Waals surface area contributed by atoms with Crippen LogP contribution in [0.5, 0.6) is 5.75 Å². The molecule has 6 heteroatoms. The summed E-state index contributed by atoms with van der Waals surface area (Å²) in [7, 11) is 2.71. The molecule has 1 saturated heterocycles. The van der Waals surface area contributed by atoms with E-state index >= 15 is 0 Å². The van der Waals surface area contributed by atoms with Crippen LogP contribution in [0.25, 0.3) is 5.57 Å². The molecule has 4 amide bonds. The van der Waals surface area contributed by atoms with Gasteiger partial charge in [-0.05, 0) is 25.1 Å². The van der Waals surface area contributed by atoms with Gasteiger partial charge < -0.3 is 4.74 Å². The molecule has 1 aromatic carbocycles. The molecule has 2 aliphatic rings. The Hall–Kier alpha value is -3.15. The molecule has 0 saturated carbocycles. The number of carbonyl (C=O) groups is 3. The van der Waals surface area contributed by atoms with E-state index in [0.29, 0.717) is 22.6 Å². The number of imide groups is 2. The zero-order valence-corrected chi connectivity index (χ0v) is 13.6. The summed E-state index contributed by atoms with van der Waals surface area (Å²) in [6.07, 6.45) is 5.19. The van der Waals surface area contributed by atoms with E-state index < -0.39 is 17.8 Å². The molecule has 122 valence electrons. The van der Waals surface area contributed by atoms with Crippen molar-refractivity contribution in [2.45, 2.75) is 6.92 Å². The number of amides is 4. The second kappa shape index (κ2) is 5.81. The van der Waals surface area contributed by atoms with Crippen molar-refractivity contribution >= 4 is 23.4 Å². The van der Waals surface area contributed by atoms with Crippen LogP contribution >= 0.6 is 0 Å². The average Bonchev–Trinajstić information content (AvgIpc) is 2.58. The molecule has 6 nitrogen and oxygen atoms in total. The number of likely N-dealkylation sites (N-methyl/N-ethyl adjacent to an activating group) is 2. The number of benzene rings is 1. The Labute approximate surface area is 139 Å². The highest BCUT2D eigenvalue weighted by Gasteiger charge is 2.40. The van der Waals surface area contributed by atoms with Crippen molar-refractivity contribution in [3.8, 4) is 5.75 Å². The minimum absolute atomic E-state index is 0.0441. The Morgan fingerprint density at radius 2 is 1.62 bits per heavy atom. The lowest BCUT2D eigenvalue weighted by Gasteiger charge is -2.31. The first-order valence-corrected chi connectivity index (χ1v) is 7.41. The first-order valence-electron chi connectivity index (χ1n) is 7.41. The molecule has 3 rings (SSSR count). The van der Waals surface area contributed by atoms with E-state index in [9.17, 15) is 14.4 Å². The van der Waals surface area contributed by atoms with Gasteiger partial charge in [0.15, 0.2) is 0 Å². The molecular weight excluding hydrogens is 308 g/mol. The fraction of sp³-hybridized carbons (Fsp3) is 0.167. The lowest BCUT2D eigenvalue weighted by atomic mass is 9.94. The summed E-state index contributed by atoms with van der Waals surface area (Å²) in [5.41, 5.74) is 1.04. The molecule has 0 aromatic heterocycles. The fourth-order valence-electron chi connectivity index (χ4n) is 2.66. The molecule has 0 unspecified atom stereocenters. The van der Waals surface area contributed by atoms with Crippen LogP contribution in [-0.2, 0) is 9.59 Å². The van der Waals surface area contributed by atoms with Crippen molar-refractivity contribution in [2.24, 2.45) is 0 Å². The van der Waals surface area contributed by atoms with E-state index in [2.05, 4.69) is 0 Å². The van der Waals surface area contributed by atoms with Gasteiger partial charge >= 0.3 is 6.03 Å². The van der Waals surface area contributed by atoms with Gasteiger partial charge in [-0.2, -0.15) is 0 Å². The minimum atomic E-state index is -0.646. The highest BCUT2D eigenvalue weighted by atomic mass is 16.5. The van der Waals surface area contributed by atoms with Gasteiger partial charge in [-0.25, -0.2) is 4.79 Å². The van der Waals surface area contributed by atoms with E-state index in [1.165, 1.54) is 14.1 Å². The van der Waals surface area contributed by atoms with Crippen LogP contribution in [-0.4, -0.2) is 41.7 Å². The number of nitrogens with zero attached hydrogens (tertiary/aromatic N) is 2. The van der Waals surface area contributed by atoms with Crippen LogP contribution in [0.1, 0.15) is 12.5 Å². The van der Waals surface area contributed by atoms with E-state index in [1.54, 1.807) is 36.4 Å². The largest absolute Gasteiger partial charge is 0.457 e. The predicted octanol–water partition coefficient (Wildman–Crippen LogP) is 2.34. The third-order valence-corrected chi connectivity index (χ3v) is 3.90. The van der Waals surface area contributed by atoms with Gasteiger partial charge in [0, 0.05) is 25.2 Å². The van der Waals surface area contributed by atoms with Gasteiger partial charge in [0.05, 0.1) is 0 Å². The molecule has 2 aliphatic heterocycles. The lowest BCUT2D eigenvalue weighted by molar-refractivity contribution is -0.134. The number of para-hydroxylation sites is 1. The smallest absolute Gasteiger partial charge is 0.333 e. The number of fused-ring (bicyclic) bond motifs is 1. The summed E-state index contributed by atoms with van der Waals surface area (Å²) < 4.78 is 5.76. The van der Waals surface area contributed by atoms with Crippen LogP contribution in [0, 0.1) is 0 Å². The van der Waals surface area contributed by atoms with Crippen molar-refractivity contribution in [3.63, 3.8) is 0 Å². The Balaban J connectivity index is 2.28. The van der Waals surface area contributed by atoms with Gasteiger partial charge in [0.1, 0.15) is 17.1 Å². The van der Waals surface area contributed by atoms with Crippen molar-refractivity contribution in [2.75, 3.05) is 14.1 Å². The van der Waals surface area contributed by atoms with Gasteiger partial charge in [0.2, 0.25) is 0 Å². The standard InChI is InChI=1S/C18H16N2O4/c1-4-7-11-10-13(12-8-5-6-9-14(12)24-11)15-16(21)19(2)18(23)20(3)17(15)22/h4-10H,1-3H3/b7-4+. The molecule has 1 fully saturated rings. The third-order valence-electron chi connectivity index (χ3n) is 3.90. The second-order valence-electron chi connectivity index (χ2n) is 5.44. The number of hydrogen-bond donors (Lipinski definition) is 0. The van der Waals surface area contributed by atoms with E-state index in [0.717, 1.165) is 9.80 Å². The Morgan fingerprint density at radius 3 is 2.25 bits per heavy atom. The second-order valence-corrected chi connectivity index (χ2v) is 5.44. The monoisotopic (exact) mass is 324 g/mol. The summed E-state index contributed by atoms with van der Waals surface area (Å²) in [5.74, 6) is -0.170. The van der Waals surface area contributed by atoms with E-state index in [1.807, 2.05) is 13.0 Å². The highest BCUT2D eigenvalue weighted by molar-refractivity contribution is 6.32. The maximum Gasteiger partial charge on any atom is 0.333 e. The quantitative estimate of drug-likeness (QED) is 0.587. The number of carbonyl (C=O) groups excluding carboxylic acids is 3. The van der Waals surface area contributed by atoms with Crippen LogP contribution in [0.4, 0.5) is 4.79 Å². The van der Waals surface area contributed by atoms with Crippen molar-refractivity contribution < 1.29 is 19.1 Å². The van der Waals surface area contributed by atoms with Gasteiger partial charge in [-0.1, -0.05) is 24.3 Å². The Morgan fingerprint density at radius 1 is 1.00 bits per heavy atom. The third kappa shape index (κ3) is 2.32. The van der Waals surface area contributed by atoms with Gasteiger partial charge in [0.25, 0.3) is 11.8 Å². The average molecular weight is 324 g/mol. The molecule has 2 heterocycles. The predicted molar refractivity (Wildman–Crippen MR) is 87.8 cm³/mol. The first kappa shape index (κ1) is 15.7. The summed E-state index contributed by atoms with van der Waals surface area (Å²) in [6.45, 7) is 1.84. The van der Waals surface area contributed by atoms with Crippen LogP contribution in [0.2, 0.25) is 0 Å². The normalized spacial score (nSPS) is 18.1. The molecule has 1 aromatic rings. The number of hydrogen-bond acceptors (Lipinski definition) is 4. The maximum absolute atomic E-state index is 12.6. The van der Waals surface area contributed by atoms with Crippen LogP contribution in [0.3, 0.4) is 0 Å². The SMILES string of the molecule is C/C=C/C1=CC(=C2C(=O)N(C)C(=O)N(C)C2=O)c2ccccc2O1. The zero-order chi connectivity index (χ0) is 17.4. The zero-order valence-electron chi connectivity index (χ0n) is 13.6. The Bertz CT molecular complexity index is 822. The maximum atomic E-state index is 12.6.